The van der Waals surface area contributed by atoms with Crippen LogP contribution in [0.2, 0.25) is 15.1 Å². The summed E-state index contributed by atoms with van der Waals surface area (Å²) < 4.78 is 12.6. The Hall–Kier alpha value is -3.00. The molecule has 0 saturated carbocycles. The van der Waals surface area contributed by atoms with E-state index in [4.69, 9.17) is 44.1 Å². The molecule has 0 fully saturated rings. The van der Waals surface area contributed by atoms with Gasteiger partial charge in [0.2, 0.25) is 0 Å². The molecule has 2 aromatic carbocycles. The van der Waals surface area contributed by atoms with Crippen LogP contribution in [0.15, 0.2) is 59.3 Å². The summed E-state index contributed by atoms with van der Waals surface area (Å²) in [7, 11) is 0. The third-order valence-electron chi connectivity index (χ3n) is 4.64. The Balaban J connectivity index is 1.44. The van der Waals surface area contributed by atoms with Crippen LogP contribution in [0.5, 0.6) is 5.75 Å². The van der Waals surface area contributed by atoms with Crippen molar-refractivity contribution < 1.29 is 14.1 Å². The molecule has 0 saturated heterocycles. The van der Waals surface area contributed by atoms with E-state index in [1.807, 2.05) is 12.1 Å². The summed E-state index contributed by atoms with van der Waals surface area (Å²) in [6.07, 6.45) is 1.73. The summed E-state index contributed by atoms with van der Waals surface area (Å²) in [4.78, 5) is 12.8. The number of aryl methyl sites for hydroxylation is 1. The van der Waals surface area contributed by atoms with Crippen LogP contribution in [-0.4, -0.2) is 20.8 Å². The van der Waals surface area contributed by atoms with E-state index in [1.165, 1.54) is 0 Å². The number of hydrogen-bond donors (Lipinski definition) is 1. The number of benzene rings is 2. The van der Waals surface area contributed by atoms with Gasteiger partial charge in [0.05, 0.1) is 17.1 Å². The standard InChI is InChI=1S/C22H17Cl3N4O3/c1-13-16(12-31-19-5-3-2-4-17(19)24)21(28-32-13)22(30)26-20-8-9-29(27-20)11-14-6-7-15(23)10-18(14)25/h2-10H,11-12H2,1H3,(H,26,27,30). The fraction of sp³-hybridized carbons (Fsp3) is 0.136. The average Bonchev–Trinajstić information content (AvgIpc) is 3.35. The summed E-state index contributed by atoms with van der Waals surface area (Å²) >= 11 is 18.3. The molecule has 2 aromatic heterocycles. The lowest BCUT2D eigenvalue weighted by Gasteiger charge is -2.08. The maximum absolute atomic E-state index is 12.8. The second kappa shape index (κ2) is 9.65. The van der Waals surface area contributed by atoms with Gasteiger partial charge in [0.25, 0.3) is 5.91 Å². The highest BCUT2D eigenvalue weighted by Crippen LogP contribution is 2.26. The molecule has 0 radical (unpaired) electrons. The molecule has 1 N–H and O–H groups in total. The highest BCUT2D eigenvalue weighted by molar-refractivity contribution is 6.35. The first kappa shape index (κ1) is 22.2. The SMILES string of the molecule is Cc1onc(C(=O)Nc2ccn(Cc3ccc(Cl)cc3Cl)n2)c1COc1ccccc1Cl. The Kier molecular flexibility index (Phi) is 6.69. The first-order chi connectivity index (χ1) is 15.4. The first-order valence-electron chi connectivity index (χ1n) is 9.52. The Labute approximate surface area is 198 Å². The minimum atomic E-state index is -0.464. The van der Waals surface area contributed by atoms with Gasteiger partial charge in [-0.25, -0.2) is 0 Å². The number of aromatic nitrogens is 3. The number of carbonyl (C=O) groups is 1. The minimum absolute atomic E-state index is 0.0747. The van der Waals surface area contributed by atoms with Gasteiger partial charge >= 0.3 is 0 Å². The van der Waals surface area contributed by atoms with E-state index >= 15 is 0 Å². The summed E-state index contributed by atoms with van der Waals surface area (Å²) in [5, 5.41) is 12.5. The summed E-state index contributed by atoms with van der Waals surface area (Å²) in [6.45, 7) is 2.21. The molecule has 0 aliphatic rings. The largest absolute Gasteiger partial charge is 0.487 e. The van der Waals surface area contributed by atoms with E-state index < -0.39 is 5.91 Å². The molecular formula is C22H17Cl3N4O3. The summed E-state index contributed by atoms with van der Waals surface area (Å²) in [5.74, 6) is 0.874. The van der Waals surface area contributed by atoms with Crippen molar-refractivity contribution >= 4 is 46.5 Å². The molecule has 1 amide bonds. The van der Waals surface area contributed by atoms with Crippen molar-refractivity contribution in [2.75, 3.05) is 5.32 Å². The number of para-hydroxylation sites is 1. The topological polar surface area (TPSA) is 82.2 Å². The van der Waals surface area contributed by atoms with Crippen LogP contribution in [0.3, 0.4) is 0 Å². The minimum Gasteiger partial charge on any atom is -0.487 e. The lowest BCUT2D eigenvalue weighted by atomic mass is 10.2. The van der Waals surface area contributed by atoms with Crippen LogP contribution >= 0.6 is 34.8 Å². The zero-order chi connectivity index (χ0) is 22.7. The van der Waals surface area contributed by atoms with Crippen molar-refractivity contribution in [3.8, 4) is 5.75 Å². The quantitative estimate of drug-likeness (QED) is 0.342. The molecular weight excluding hydrogens is 475 g/mol. The highest BCUT2D eigenvalue weighted by atomic mass is 35.5. The average molecular weight is 492 g/mol. The molecule has 0 aliphatic heterocycles. The first-order valence-corrected chi connectivity index (χ1v) is 10.7. The van der Waals surface area contributed by atoms with Gasteiger partial charge in [-0.1, -0.05) is 58.2 Å². The Morgan fingerprint density at radius 2 is 1.94 bits per heavy atom. The van der Waals surface area contributed by atoms with Crippen molar-refractivity contribution in [3.63, 3.8) is 0 Å². The van der Waals surface area contributed by atoms with E-state index in [9.17, 15) is 4.79 Å². The maximum Gasteiger partial charge on any atom is 0.279 e. The third kappa shape index (κ3) is 5.07. The fourth-order valence-electron chi connectivity index (χ4n) is 2.97. The Morgan fingerprint density at radius 3 is 2.72 bits per heavy atom. The third-order valence-corrected chi connectivity index (χ3v) is 5.54. The maximum atomic E-state index is 12.8. The van der Waals surface area contributed by atoms with Gasteiger partial charge in [0.15, 0.2) is 11.5 Å². The van der Waals surface area contributed by atoms with E-state index in [-0.39, 0.29) is 12.3 Å². The van der Waals surface area contributed by atoms with E-state index in [0.717, 1.165) is 5.56 Å². The Morgan fingerprint density at radius 1 is 1.12 bits per heavy atom. The molecule has 0 unspecified atom stereocenters. The van der Waals surface area contributed by atoms with Crippen LogP contribution < -0.4 is 10.1 Å². The summed E-state index contributed by atoms with van der Waals surface area (Å²) in [6, 6.07) is 14.0. The molecule has 4 aromatic rings. The van der Waals surface area contributed by atoms with Crippen LogP contribution in [-0.2, 0) is 13.2 Å². The van der Waals surface area contributed by atoms with Gasteiger partial charge in [0.1, 0.15) is 18.1 Å². The van der Waals surface area contributed by atoms with Crippen LogP contribution in [0.1, 0.15) is 27.4 Å². The number of hydrogen-bond acceptors (Lipinski definition) is 5. The van der Waals surface area contributed by atoms with E-state index in [1.54, 1.807) is 54.2 Å². The molecule has 0 bridgehead atoms. The van der Waals surface area contributed by atoms with Crippen LogP contribution in [0, 0.1) is 6.92 Å². The van der Waals surface area contributed by atoms with Gasteiger partial charge in [-0.05, 0) is 36.8 Å². The molecule has 0 atom stereocenters. The molecule has 164 valence electrons. The van der Waals surface area contributed by atoms with E-state index in [2.05, 4.69) is 15.6 Å². The number of amides is 1. The monoisotopic (exact) mass is 490 g/mol. The van der Waals surface area contributed by atoms with Crippen LogP contribution in [0.4, 0.5) is 5.82 Å². The molecule has 10 heteroatoms. The lowest BCUT2D eigenvalue weighted by molar-refractivity contribution is 0.101. The Bertz CT molecular complexity index is 1270. The number of carbonyl (C=O) groups excluding carboxylic acids is 1. The van der Waals surface area contributed by atoms with Crippen LogP contribution in [0.25, 0.3) is 0 Å². The molecule has 7 nitrogen and oxygen atoms in total. The van der Waals surface area contributed by atoms with Crippen molar-refractivity contribution in [2.24, 2.45) is 0 Å². The predicted molar refractivity (Wildman–Crippen MR) is 123 cm³/mol. The number of halogens is 3. The van der Waals surface area contributed by atoms with Gasteiger partial charge in [-0.2, -0.15) is 5.10 Å². The number of anilines is 1. The highest BCUT2D eigenvalue weighted by Gasteiger charge is 2.21. The number of rotatable bonds is 7. The number of nitrogens with zero attached hydrogens (tertiary/aromatic N) is 3. The predicted octanol–water partition coefficient (Wildman–Crippen LogP) is 6.02. The lowest BCUT2D eigenvalue weighted by Crippen LogP contribution is -2.16. The van der Waals surface area contributed by atoms with E-state index in [0.29, 0.717) is 44.5 Å². The zero-order valence-electron chi connectivity index (χ0n) is 16.8. The van der Waals surface area contributed by atoms with Gasteiger partial charge in [0, 0.05) is 22.3 Å². The van der Waals surface area contributed by atoms with Gasteiger partial charge in [-0.15, -0.1) is 0 Å². The zero-order valence-corrected chi connectivity index (χ0v) is 19.1. The van der Waals surface area contributed by atoms with Crippen molar-refractivity contribution in [1.29, 1.82) is 0 Å². The molecule has 0 aliphatic carbocycles. The molecule has 2 heterocycles. The van der Waals surface area contributed by atoms with Gasteiger partial charge in [-0.3, -0.25) is 9.48 Å². The normalized spacial score (nSPS) is 10.9. The second-order valence-electron chi connectivity index (χ2n) is 6.87. The molecule has 0 spiro atoms. The number of ether oxygens (including phenoxy) is 1. The fourth-order valence-corrected chi connectivity index (χ4v) is 3.63. The molecule has 32 heavy (non-hydrogen) atoms. The number of nitrogens with one attached hydrogen (secondary N) is 1. The second-order valence-corrected chi connectivity index (χ2v) is 8.12. The van der Waals surface area contributed by atoms with Gasteiger partial charge < -0.3 is 14.6 Å². The smallest absolute Gasteiger partial charge is 0.279 e. The van der Waals surface area contributed by atoms with Crippen molar-refractivity contribution in [2.45, 2.75) is 20.1 Å². The molecule has 4 rings (SSSR count). The van der Waals surface area contributed by atoms with Crippen molar-refractivity contribution in [1.82, 2.24) is 14.9 Å². The van der Waals surface area contributed by atoms with Crippen molar-refractivity contribution in [3.05, 3.63) is 92.4 Å². The summed E-state index contributed by atoms with van der Waals surface area (Å²) in [5.41, 5.74) is 1.49.